The van der Waals surface area contributed by atoms with Gasteiger partial charge in [0.05, 0.1) is 0 Å². The standard InChI is InChI=1S/C15H21NS/c1-4-6-11-17-15-9-7-8-14(12-15)13(3)16-10-5-2/h1,7-9,12-13,16H,5-6,10-11H2,2-3H3. The minimum absolute atomic E-state index is 0.420. The molecule has 92 valence electrons. The van der Waals surface area contributed by atoms with E-state index in [1.165, 1.54) is 16.9 Å². The zero-order chi connectivity index (χ0) is 12.5. The topological polar surface area (TPSA) is 12.0 Å². The quantitative estimate of drug-likeness (QED) is 0.446. The highest BCUT2D eigenvalue weighted by molar-refractivity contribution is 7.99. The minimum atomic E-state index is 0.420. The van der Waals surface area contributed by atoms with E-state index in [4.69, 9.17) is 6.42 Å². The van der Waals surface area contributed by atoms with E-state index in [1.54, 1.807) is 0 Å². The highest BCUT2D eigenvalue weighted by Crippen LogP contribution is 2.22. The van der Waals surface area contributed by atoms with Crippen LogP contribution in [0.25, 0.3) is 0 Å². The molecule has 1 rings (SSSR count). The molecule has 0 saturated carbocycles. The maximum atomic E-state index is 5.25. The molecule has 1 unspecified atom stereocenters. The van der Waals surface area contributed by atoms with Crippen LogP contribution in [0.3, 0.4) is 0 Å². The summed E-state index contributed by atoms with van der Waals surface area (Å²) >= 11 is 1.83. The predicted octanol–water partition coefficient (Wildman–Crippen LogP) is 3.86. The summed E-state index contributed by atoms with van der Waals surface area (Å²) in [6.07, 6.45) is 7.25. The molecule has 0 radical (unpaired) electrons. The Kier molecular flexibility index (Phi) is 6.84. The van der Waals surface area contributed by atoms with Crippen molar-refractivity contribution in [1.29, 1.82) is 0 Å². The van der Waals surface area contributed by atoms with Crippen LogP contribution in [0.1, 0.15) is 38.3 Å². The van der Waals surface area contributed by atoms with Crippen molar-refractivity contribution in [3.05, 3.63) is 29.8 Å². The third kappa shape index (κ3) is 5.30. The van der Waals surface area contributed by atoms with Gasteiger partial charge in [-0.1, -0.05) is 19.1 Å². The lowest BCUT2D eigenvalue weighted by Gasteiger charge is -2.14. The molecule has 0 heterocycles. The molecule has 1 aromatic carbocycles. The molecule has 0 amide bonds. The Bertz CT molecular complexity index is 367. The fourth-order valence-electron chi connectivity index (χ4n) is 1.58. The number of terminal acetylenes is 1. The van der Waals surface area contributed by atoms with Crippen LogP contribution in [0.2, 0.25) is 0 Å². The lowest BCUT2D eigenvalue weighted by molar-refractivity contribution is 0.570. The second-order valence-corrected chi connectivity index (χ2v) is 5.22. The van der Waals surface area contributed by atoms with Gasteiger partial charge in [0.25, 0.3) is 0 Å². The fraction of sp³-hybridized carbons (Fsp3) is 0.467. The molecule has 0 aliphatic heterocycles. The smallest absolute Gasteiger partial charge is 0.0292 e. The number of rotatable bonds is 7. The molecule has 0 spiro atoms. The summed E-state index contributed by atoms with van der Waals surface area (Å²) in [4.78, 5) is 1.31. The Morgan fingerprint density at radius 3 is 3.00 bits per heavy atom. The third-order valence-electron chi connectivity index (χ3n) is 2.57. The molecule has 0 fully saturated rings. The van der Waals surface area contributed by atoms with Crippen molar-refractivity contribution in [2.24, 2.45) is 0 Å². The van der Waals surface area contributed by atoms with Crippen LogP contribution in [0.4, 0.5) is 0 Å². The first kappa shape index (κ1) is 14.2. The average Bonchev–Trinajstić information content (AvgIpc) is 2.36. The van der Waals surface area contributed by atoms with Crippen LogP contribution in [-0.2, 0) is 0 Å². The zero-order valence-electron chi connectivity index (χ0n) is 10.7. The van der Waals surface area contributed by atoms with Gasteiger partial charge in [-0.2, -0.15) is 0 Å². The SMILES string of the molecule is C#CCCSc1cccc(C(C)NCCC)c1. The Labute approximate surface area is 109 Å². The van der Waals surface area contributed by atoms with E-state index in [-0.39, 0.29) is 0 Å². The van der Waals surface area contributed by atoms with Crippen LogP contribution < -0.4 is 5.32 Å². The normalized spacial score (nSPS) is 12.1. The molecule has 0 aliphatic rings. The third-order valence-corrected chi connectivity index (χ3v) is 3.57. The second-order valence-electron chi connectivity index (χ2n) is 4.05. The van der Waals surface area contributed by atoms with Gasteiger partial charge >= 0.3 is 0 Å². The first-order valence-corrected chi connectivity index (χ1v) is 7.16. The lowest BCUT2D eigenvalue weighted by atomic mass is 10.1. The molecule has 1 aromatic rings. The fourth-order valence-corrected chi connectivity index (χ4v) is 2.43. The van der Waals surface area contributed by atoms with Gasteiger partial charge in [-0.05, 0) is 37.6 Å². The van der Waals surface area contributed by atoms with Crippen molar-refractivity contribution in [2.75, 3.05) is 12.3 Å². The summed E-state index contributed by atoms with van der Waals surface area (Å²) in [7, 11) is 0. The first-order valence-electron chi connectivity index (χ1n) is 6.17. The van der Waals surface area contributed by atoms with Crippen molar-refractivity contribution in [3.8, 4) is 12.3 Å². The van der Waals surface area contributed by atoms with Crippen LogP contribution in [-0.4, -0.2) is 12.3 Å². The number of thioether (sulfide) groups is 1. The van der Waals surface area contributed by atoms with Gasteiger partial charge in [-0.3, -0.25) is 0 Å². The highest BCUT2D eigenvalue weighted by Gasteiger charge is 2.04. The summed E-state index contributed by atoms with van der Waals surface area (Å²) in [6, 6.07) is 9.13. The molecule has 0 bridgehead atoms. The van der Waals surface area contributed by atoms with Crippen LogP contribution in [0.15, 0.2) is 29.2 Å². The van der Waals surface area contributed by atoms with Crippen molar-refractivity contribution in [3.63, 3.8) is 0 Å². The Balaban J connectivity index is 2.55. The van der Waals surface area contributed by atoms with Crippen LogP contribution >= 0.6 is 11.8 Å². The molecule has 2 heteroatoms. The predicted molar refractivity (Wildman–Crippen MR) is 77.3 cm³/mol. The van der Waals surface area contributed by atoms with Crippen LogP contribution in [0, 0.1) is 12.3 Å². The van der Waals surface area contributed by atoms with Crippen molar-refractivity contribution in [1.82, 2.24) is 5.32 Å². The molecule has 1 N–H and O–H groups in total. The zero-order valence-corrected chi connectivity index (χ0v) is 11.5. The average molecular weight is 247 g/mol. The molecular weight excluding hydrogens is 226 g/mol. The van der Waals surface area contributed by atoms with E-state index in [0.717, 1.165) is 18.7 Å². The van der Waals surface area contributed by atoms with E-state index in [1.807, 2.05) is 11.8 Å². The summed E-state index contributed by atoms with van der Waals surface area (Å²) in [5.74, 6) is 3.67. The molecule has 1 nitrogen and oxygen atoms in total. The van der Waals surface area contributed by atoms with Gasteiger partial charge in [-0.25, -0.2) is 0 Å². The first-order chi connectivity index (χ1) is 8.27. The number of hydrogen-bond donors (Lipinski definition) is 1. The van der Waals surface area contributed by atoms with Gasteiger partial charge in [0.1, 0.15) is 0 Å². The maximum absolute atomic E-state index is 5.25. The van der Waals surface area contributed by atoms with Gasteiger partial charge in [0, 0.05) is 23.1 Å². The molecule has 17 heavy (non-hydrogen) atoms. The number of benzene rings is 1. The largest absolute Gasteiger partial charge is 0.310 e. The summed E-state index contributed by atoms with van der Waals surface area (Å²) in [5, 5.41) is 3.50. The van der Waals surface area contributed by atoms with E-state index in [9.17, 15) is 0 Å². The van der Waals surface area contributed by atoms with E-state index < -0.39 is 0 Å². The van der Waals surface area contributed by atoms with E-state index in [2.05, 4.69) is 49.4 Å². The molecule has 0 saturated heterocycles. The van der Waals surface area contributed by atoms with Crippen molar-refractivity contribution < 1.29 is 0 Å². The Morgan fingerprint density at radius 1 is 1.47 bits per heavy atom. The van der Waals surface area contributed by atoms with Crippen LogP contribution in [0.5, 0.6) is 0 Å². The Hall–Kier alpha value is -0.910. The molecule has 1 atom stereocenters. The van der Waals surface area contributed by atoms with Crippen molar-refractivity contribution in [2.45, 2.75) is 37.6 Å². The van der Waals surface area contributed by atoms with Gasteiger partial charge in [-0.15, -0.1) is 24.1 Å². The monoisotopic (exact) mass is 247 g/mol. The number of nitrogens with one attached hydrogen (secondary N) is 1. The van der Waals surface area contributed by atoms with E-state index in [0.29, 0.717) is 6.04 Å². The lowest BCUT2D eigenvalue weighted by Crippen LogP contribution is -2.19. The summed E-state index contributed by atoms with van der Waals surface area (Å²) in [6.45, 7) is 5.46. The molecular formula is C15H21NS. The summed E-state index contributed by atoms with van der Waals surface area (Å²) < 4.78 is 0. The van der Waals surface area contributed by atoms with Crippen molar-refractivity contribution >= 4 is 11.8 Å². The minimum Gasteiger partial charge on any atom is -0.310 e. The summed E-state index contributed by atoms with van der Waals surface area (Å²) in [5.41, 5.74) is 1.35. The highest BCUT2D eigenvalue weighted by atomic mass is 32.2. The number of hydrogen-bond acceptors (Lipinski definition) is 2. The Morgan fingerprint density at radius 2 is 2.29 bits per heavy atom. The molecule has 0 aliphatic carbocycles. The van der Waals surface area contributed by atoms with Gasteiger partial charge < -0.3 is 5.32 Å². The second kappa shape index (κ2) is 8.22. The van der Waals surface area contributed by atoms with Gasteiger partial charge in [0.15, 0.2) is 0 Å². The van der Waals surface area contributed by atoms with Gasteiger partial charge in [0.2, 0.25) is 0 Å². The maximum Gasteiger partial charge on any atom is 0.0292 e. The van der Waals surface area contributed by atoms with E-state index >= 15 is 0 Å². The molecule has 0 aromatic heterocycles.